The van der Waals surface area contributed by atoms with Gasteiger partial charge in [-0.15, -0.1) is 0 Å². The lowest BCUT2D eigenvalue weighted by Gasteiger charge is -2.10. The Hall–Kier alpha value is -3.08. The van der Waals surface area contributed by atoms with E-state index in [1.165, 1.54) is 12.1 Å². The lowest BCUT2D eigenvalue weighted by molar-refractivity contribution is -0.385. The average molecular weight is 308 g/mol. The molecule has 2 rings (SSSR count). The summed E-state index contributed by atoms with van der Waals surface area (Å²) in [5, 5.41) is 19.7. The molecule has 112 valence electrons. The quantitative estimate of drug-likeness (QED) is 0.626. The van der Waals surface area contributed by atoms with Crippen molar-refractivity contribution < 1.29 is 22.8 Å². The van der Waals surface area contributed by atoms with Crippen LogP contribution < -0.4 is 4.74 Å². The standard InChI is InChI=1S/C14H7F3N2O3/c15-14(16,17)10-2-1-3-11(7-10)22-13-5-4-9(8-18)6-12(13)19(20)21/h1-7H. The van der Waals surface area contributed by atoms with Crippen molar-refractivity contribution in [2.45, 2.75) is 6.18 Å². The minimum atomic E-state index is -4.55. The van der Waals surface area contributed by atoms with Crippen LogP contribution in [0.2, 0.25) is 0 Å². The summed E-state index contributed by atoms with van der Waals surface area (Å²) >= 11 is 0. The highest BCUT2D eigenvalue weighted by molar-refractivity contribution is 5.53. The first-order valence-corrected chi connectivity index (χ1v) is 5.85. The number of nitrogens with zero attached hydrogens (tertiary/aromatic N) is 2. The normalized spacial score (nSPS) is 10.8. The van der Waals surface area contributed by atoms with Gasteiger partial charge in [-0.1, -0.05) is 6.07 Å². The van der Waals surface area contributed by atoms with Crippen molar-refractivity contribution in [3.8, 4) is 17.6 Å². The van der Waals surface area contributed by atoms with Gasteiger partial charge in [-0.2, -0.15) is 18.4 Å². The highest BCUT2D eigenvalue weighted by Gasteiger charge is 2.30. The maximum Gasteiger partial charge on any atom is 0.416 e. The second-order valence-corrected chi connectivity index (χ2v) is 4.18. The SMILES string of the molecule is N#Cc1ccc(Oc2cccc(C(F)(F)F)c2)c([N+](=O)[O-])c1. The zero-order valence-electron chi connectivity index (χ0n) is 10.8. The molecule has 0 spiro atoms. The van der Waals surface area contributed by atoms with Gasteiger partial charge in [0.1, 0.15) is 5.75 Å². The predicted octanol–water partition coefficient (Wildman–Crippen LogP) is 4.28. The van der Waals surface area contributed by atoms with Crippen LogP contribution in [0, 0.1) is 21.4 Å². The zero-order chi connectivity index (χ0) is 16.3. The zero-order valence-corrected chi connectivity index (χ0v) is 10.8. The fourth-order valence-corrected chi connectivity index (χ4v) is 1.68. The molecule has 0 bridgehead atoms. The van der Waals surface area contributed by atoms with Crippen molar-refractivity contribution in [1.82, 2.24) is 0 Å². The summed E-state index contributed by atoms with van der Waals surface area (Å²) in [5.74, 6) is -0.439. The van der Waals surface area contributed by atoms with E-state index in [4.69, 9.17) is 10.00 Å². The Labute approximate surface area is 122 Å². The molecule has 22 heavy (non-hydrogen) atoms. The largest absolute Gasteiger partial charge is 0.450 e. The van der Waals surface area contributed by atoms with Gasteiger partial charge < -0.3 is 4.74 Å². The summed E-state index contributed by atoms with van der Waals surface area (Å²) in [6.45, 7) is 0. The summed E-state index contributed by atoms with van der Waals surface area (Å²) in [6.07, 6.45) is -4.55. The van der Waals surface area contributed by atoms with Crippen LogP contribution in [-0.2, 0) is 6.18 Å². The van der Waals surface area contributed by atoms with Gasteiger partial charge in [0.2, 0.25) is 5.75 Å². The lowest BCUT2D eigenvalue weighted by atomic mass is 10.2. The number of nitriles is 1. The Bertz CT molecular complexity index is 767. The van der Waals surface area contributed by atoms with Crippen LogP contribution in [0.3, 0.4) is 0 Å². The first-order valence-electron chi connectivity index (χ1n) is 5.85. The van der Waals surface area contributed by atoms with Crippen molar-refractivity contribution in [2.24, 2.45) is 0 Å². The molecule has 0 N–H and O–H groups in total. The van der Waals surface area contributed by atoms with E-state index < -0.39 is 22.4 Å². The topological polar surface area (TPSA) is 76.2 Å². The molecule has 0 unspecified atom stereocenters. The Morgan fingerprint density at radius 2 is 1.91 bits per heavy atom. The molecule has 2 aromatic carbocycles. The summed E-state index contributed by atoms with van der Waals surface area (Å²) in [7, 11) is 0. The van der Waals surface area contributed by atoms with Gasteiger partial charge in [0.15, 0.2) is 0 Å². The number of halogens is 3. The third-order valence-electron chi connectivity index (χ3n) is 2.67. The molecule has 0 aliphatic carbocycles. The van der Waals surface area contributed by atoms with Crippen LogP contribution in [0.25, 0.3) is 0 Å². The number of ether oxygens (including phenoxy) is 1. The number of hydrogen-bond donors (Lipinski definition) is 0. The number of nitro benzene ring substituents is 1. The van der Waals surface area contributed by atoms with E-state index in [9.17, 15) is 23.3 Å². The van der Waals surface area contributed by atoms with Crippen molar-refractivity contribution in [1.29, 1.82) is 5.26 Å². The van der Waals surface area contributed by atoms with Crippen LogP contribution in [0.15, 0.2) is 42.5 Å². The van der Waals surface area contributed by atoms with Gasteiger partial charge in [0.05, 0.1) is 22.1 Å². The van der Waals surface area contributed by atoms with E-state index in [2.05, 4.69) is 0 Å². The van der Waals surface area contributed by atoms with E-state index in [0.29, 0.717) is 0 Å². The van der Waals surface area contributed by atoms with E-state index >= 15 is 0 Å². The Balaban J connectivity index is 2.40. The van der Waals surface area contributed by atoms with Crippen LogP contribution in [0.4, 0.5) is 18.9 Å². The molecule has 0 radical (unpaired) electrons. The predicted molar refractivity (Wildman–Crippen MR) is 69.3 cm³/mol. The van der Waals surface area contributed by atoms with Crippen molar-refractivity contribution >= 4 is 5.69 Å². The van der Waals surface area contributed by atoms with Gasteiger partial charge in [-0.05, 0) is 30.3 Å². The molecule has 0 fully saturated rings. The number of benzene rings is 2. The second kappa shape index (κ2) is 5.73. The van der Waals surface area contributed by atoms with Gasteiger partial charge >= 0.3 is 11.9 Å². The van der Waals surface area contributed by atoms with Crippen LogP contribution >= 0.6 is 0 Å². The monoisotopic (exact) mass is 308 g/mol. The lowest BCUT2D eigenvalue weighted by Crippen LogP contribution is -2.04. The van der Waals surface area contributed by atoms with Crippen LogP contribution in [0.1, 0.15) is 11.1 Å². The smallest absolute Gasteiger partial charge is 0.416 e. The summed E-state index contributed by atoms with van der Waals surface area (Å²) in [5.41, 5.74) is -1.39. The third-order valence-corrected chi connectivity index (χ3v) is 2.67. The maximum atomic E-state index is 12.6. The first-order chi connectivity index (χ1) is 10.3. The van der Waals surface area contributed by atoms with Crippen molar-refractivity contribution in [3.05, 3.63) is 63.7 Å². The molecule has 5 nitrogen and oxygen atoms in total. The molecule has 0 amide bonds. The van der Waals surface area contributed by atoms with Gasteiger partial charge in [0, 0.05) is 6.07 Å². The van der Waals surface area contributed by atoms with Crippen molar-refractivity contribution in [2.75, 3.05) is 0 Å². The molecule has 0 saturated heterocycles. The molecule has 0 heterocycles. The van der Waals surface area contributed by atoms with E-state index in [0.717, 1.165) is 30.3 Å². The minimum absolute atomic E-state index is 0.0445. The molecule has 0 aliphatic rings. The first kappa shape index (κ1) is 15.3. The molecular formula is C14H7F3N2O3. The minimum Gasteiger partial charge on any atom is -0.450 e. The van der Waals surface area contributed by atoms with Crippen LogP contribution in [-0.4, -0.2) is 4.92 Å². The fraction of sp³-hybridized carbons (Fsp3) is 0.0714. The van der Waals surface area contributed by atoms with Crippen LogP contribution in [0.5, 0.6) is 11.5 Å². The molecule has 2 aromatic rings. The van der Waals surface area contributed by atoms with Crippen molar-refractivity contribution in [3.63, 3.8) is 0 Å². The highest BCUT2D eigenvalue weighted by atomic mass is 19.4. The second-order valence-electron chi connectivity index (χ2n) is 4.18. The Kier molecular flexibility index (Phi) is 3.99. The summed E-state index contributed by atoms with van der Waals surface area (Å²) in [4.78, 5) is 10.2. The average Bonchev–Trinajstić information content (AvgIpc) is 2.47. The molecule has 0 atom stereocenters. The Morgan fingerprint density at radius 3 is 2.50 bits per heavy atom. The highest BCUT2D eigenvalue weighted by Crippen LogP contribution is 2.35. The molecule has 0 aromatic heterocycles. The summed E-state index contributed by atoms with van der Waals surface area (Å²) in [6, 6.07) is 9.14. The number of rotatable bonds is 3. The van der Waals surface area contributed by atoms with Gasteiger partial charge in [-0.25, -0.2) is 0 Å². The van der Waals surface area contributed by atoms with E-state index in [1.807, 2.05) is 0 Å². The summed E-state index contributed by atoms with van der Waals surface area (Å²) < 4.78 is 43.0. The Morgan fingerprint density at radius 1 is 1.18 bits per heavy atom. The molecule has 0 saturated carbocycles. The van der Waals surface area contributed by atoms with E-state index in [-0.39, 0.29) is 17.1 Å². The van der Waals surface area contributed by atoms with E-state index in [1.54, 1.807) is 6.07 Å². The van der Waals surface area contributed by atoms with Gasteiger partial charge in [0.25, 0.3) is 0 Å². The fourth-order valence-electron chi connectivity index (χ4n) is 1.68. The molecule has 8 heteroatoms. The number of nitro groups is 1. The molecule has 0 aliphatic heterocycles. The number of hydrogen-bond acceptors (Lipinski definition) is 4. The number of alkyl halides is 3. The third kappa shape index (κ3) is 3.32. The van der Waals surface area contributed by atoms with Gasteiger partial charge in [-0.3, -0.25) is 10.1 Å². The maximum absolute atomic E-state index is 12.6. The molecular weight excluding hydrogens is 301 g/mol.